The molecular formula is C12H11N3. The number of rotatable bonds is 1. The molecule has 0 N–H and O–H groups in total. The van der Waals surface area contributed by atoms with Crippen molar-refractivity contribution in [2.24, 2.45) is 0 Å². The van der Waals surface area contributed by atoms with Crippen LogP contribution in [0.25, 0.3) is 10.9 Å². The van der Waals surface area contributed by atoms with Crippen LogP contribution in [0, 0.1) is 6.92 Å². The summed E-state index contributed by atoms with van der Waals surface area (Å²) in [6.07, 6.45) is 5.73. The first-order valence-corrected chi connectivity index (χ1v) is 4.92. The molecule has 15 heavy (non-hydrogen) atoms. The Bertz CT molecular complexity index is 590. The topological polar surface area (TPSA) is 22.8 Å². The maximum Gasteiger partial charge on any atom is 0.0718 e. The number of fused-ring (bicyclic) bond motifs is 1. The van der Waals surface area contributed by atoms with Crippen LogP contribution in [0.5, 0.6) is 0 Å². The Morgan fingerprint density at radius 3 is 2.87 bits per heavy atom. The molecule has 0 radical (unpaired) electrons. The van der Waals surface area contributed by atoms with Crippen molar-refractivity contribution in [2.75, 3.05) is 0 Å². The average Bonchev–Trinajstić information content (AvgIpc) is 2.82. The van der Waals surface area contributed by atoms with E-state index >= 15 is 0 Å². The number of hydrogen-bond acceptors (Lipinski definition) is 1. The summed E-state index contributed by atoms with van der Waals surface area (Å²) in [5.74, 6) is 0. The van der Waals surface area contributed by atoms with E-state index in [4.69, 9.17) is 0 Å². The first-order valence-electron chi connectivity index (χ1n) is 4.92. The van der Waals surface area contributed by atoms with Gasteiger partial charge in [-0.15, -0.1) is 0 Å². The van der Waals surface area contributed by atoms with Crippen LogP contribution in [-0.2, 0) is 0 Å². The highest BCUT2D eigenvalue weighted by atomic mass is 15.6. The van der Waals surface area contributed by atoms with Crippen molar-refractivity contribution in [3.8, 4) is 0 Å². The molecule has 0 aliphatic carbocycles. The number of hydrogen-bond donors (Lipinski definition) is 0. The van der Waals surface area contributed by atoms with Gasteiger partial charge >= 0.3 is 0 Å². The second-order valence-corrected chi connectivity index (χ2v) is 3.65. The molecule has 0 fully saturated rings. The number of nitrogens with zero attached hydrogens (tertiary/aromatic N) is 3. The van der Waals surface area contributed by atoms with Crippen LogP contribution < -0.4 is 0 Å². The SMILES string of the molecule is Cc1ccc2c(ccn2-n2cccn2)c1. The molecule has 0 unspecified atom stereocenters. The fraction of sp³-hybridized carbons (Fsp3) is 0.0833. The minimum absolute atomic E-state index is 1.17. The summed E-state index contributed by atoms with van der Waals surface area (Å²) < 4.78 is 2.02. The van der Waals surface area contributed by atoms with Gasteiger partial charge in [0.15, 0.2) is 0 Å². The number of aryl methyl sites for hydroxylation is 1. The van der Waals surface area contributed by atoms with Crippen LogP contribution in [0.15, 0.2) is 48.9 Å². The summed E-state index contributed by atoms with van der Waals surface area (Å²) in [5, 5.41) is 5.45. The monoisotopic (exact) mass is 197 g/mol. The molecule has 0 spiro atoms. The smallest absolute Gasteiger partial charge is 0.0718 e. The van der Waals surface area contributed by atoms with E-state index in [0.717, 1.165) is 0 Å². The molecule has 0 amide bonds. The van der Waals surface area contributed by atoms with Crippen LogP contribution in [0.1, 0.15) is 5.56 Å². The zero-order valence-electron chi connectivity index (χ0n) is 8.46. The van der Waals surface area contributed by atoms with E-state index < -0.39 is 0 Å². The van der Waals surface area contributed by atoms with Gasteiger partial charge in [0.25, 0.3) is 0 Å². The predicted octanol–water partition coefficient (Wildman–Crippen LogP) is 2.46. The molecule has 3 nitrogen and oxygen atoms in total. The van der Waals surface area contributed by atoms with E-state index in [1.54, 1.807) is 6.20 Å². The lowest BCUT2D eigenvalue weighted by Gasteiger charge is -2.04. The summed E-state index contributed by atoms with van der Waals surface area (Å²) >= 11 is 0. The molecule has 74 valence electrons. The second kappa shape index (κ2) is 2.98. The largest absolute Gasteiger partial charge is 0.240 e. The molecule has 2 heterocycles. The molecule has 3 rings (SSSR count). The van der Waals surface area contributed by atoms with Gasteiger partial charge in [0.1, 0.15) is 0 Å². The zero-order valence-corrected chi connectivity index (χ0v) is 8.46. The van der Waals surface area contributed by atoms with Crippen molar-refractivity contribution >= 4 is 10.9 Å². The first kappa shape index (κ1) is 8.29. The van der Waals surface area contributed by atoms with Crippen molar-refractivity contribution < 1.29 is 0 Å². The van der Waals surface area contributed by atoms with Crippen LogP contribution >= 0.6 is 0 Å². The lowest BCUT2D eigenvalue weighted by atomic mass is 10.2. The van der Waals surface area contributed by atoms with E-state index in [1.807, 2.05) is 27.9 Å². The van der Waals surface area contributed by atoms with Crippen molar-refractivity contribution in [1.82, 2.24) is 14.6 Å². The van der Waals surface area contributed by atoms with Crippen molar-refractivity contribution in [3.63, 3.8) is 0 Å². The van der Waals surface area contributed by atoms with Crippen LogP contribution in [-0.4, -0.2) is 14.6 Å². The predicted molar refractivity (Wildman–Crippen MR) is 59.7 cm³/mol. The van der Waals surface area contributed by atoms with Gasteiger partial charge in [-0.3, -0.25) is 0 Å². The van der Waals surface area contributed by atoms with E-state index in [1.165, 1.54) is 16.5 Å². The Labute approximate surface area is 87.5 Å². The molecule has 0 aliphatic heterocycles. The van der Waals surface area contributed by atoms with Crippen molar-refractivity contribution in [1.29, 1.82) is 0 Å². The third-order valence-electron chi connectivity index (χ3n) is 2.54. The standard InChI is InChI=1S/C12H11N3/c1-10-3-4-12-11(9-10)5-8-14(12)15-7-2-6-13-15/h2-9H,1H3. The van der Waals surface area contributed by atoms with E-state index in [2.05, 4.69) is 36.3 Å². The Kier molecular flexibility index (Phi) is 1.65. The second-order valence-electron chi connectivity index (χ2n) is 3.65. The van der Waals surface area contributed by atoms with Gasteiger partial charge < -0.3 is 0 Å². The Morgan fingerprint density at radius 2 is 2.07 bits per heavy atom. The molecule has 0 saturated heterocycles. The summed E-state index contributed by atoms with van der Waals surface area (Å²) in [6.45, 7) is 2.10. The molecular weight excluding hydrogens is 186 g/mol. The van der Waals surface area contributed by atoms with E-state index in [-0.39, 0.29) is 0 Å². The fourth-order valence-electron chi connectivity index (χ4n) is 1.81. The van der Waals surface area contributed by atoms with Gasteiger partial charge in [-0.05, 0) is 31.2 Å². The summed E-state index contributed by atoms with van der Waals surface area (Å²) in [7, 11) is 0. The maximum absolute atomic E-state index is 4.21. The summed E-state index contributed by atoms with van der Waals surface area (Å²) in [4.78, 5) is 1.82. The molecule has 0 bridgehead atoms. The fourth-order valence-corrected chi connectivity index (χ4v) is 1.81. The van der Waals surface area contributed by atoms with Crippen LogP contribution in [0.3, 0.4) is 0 Å². The number of benzene rings is 1. The van der Waals surface area contributed by atoms with Crippen LogP contribution in [0.4, 0.5) is 0 Å². The summed E-state index contributed by atoms with van der Waals surface area (Å²) in [5.41, 5.74) is 2.45. The van der Waals surface area contributed by atoms with Crippen molar-refractivity contribution in [3.05, 3.63) is 54.5 Å². The molecule has 3 heteroatoms. The van der Waals surface area contributed by atoms with Gasteiger partial charge in [0, 0.05) is 17.8 Å². The molecule has 2 aromatic heterocycles. The minimum Gasteiger partial charge on any atom is -0.240 e. The van der Waals surface area contributed by atoms with Gasteiger partial charge in [-0.2, -0.15) is 9.89 Å². The highest BCUT2D eigenvalue weighted by Crippen LogP contribution is 2.17. The van der Waals surface area contributed by atoms with Gasteiger partial charge in [-0.25, -0.2) is 4.68 Å². The zero-order chi connectivity index (χ0) is 10.3. The van der Waals surface area contributed by atoms with Crippen molar-refractivity contribution in [2.45, 2.75) is 6.92 Å². The van der Waals surface area contributed by atoms with Gasteiger partial charge in [-0.1, -0.05) is 11.6 Å². The normalized spacial score (nSPS) is 11.0. The molecule has 0 atom stereocenters. The Balaban J connectivity index is 2.29. The van der Waals surface area contributed by atoms with E-state index in [9.17, 15) is 0 Å². The molecule has 3 aromatic rings. The quantitative estimate of drug-likeness (QED) is 0.587. The van der Waals surface area contributed by atoms with Gasteiger partial charge in [0.05, 0.1) is 11.7 Å². The minimum atomic E-state index is 1.17. The highest BCUT2D eigenvalue weighted by Gasteiger charge is 2.01. The molecule has 0 aliphatic rings. The first-order chi connectivity index (χ1) is 7.34. The lowest BCUT2D eigenvalue weighted by molar-refractivity contribution is 0.596. The Hall–Kier alpha value is -2.03. The third-order valence-corrected chi connectivity index (χ3v) is 2.54. The lowest BCUT2D eigenvalue weighted by Crippen LogP contribution is -2.07. The maximum atomic E-state index is 4.21. The molecule has 1 aromatic carbocycles. The number of aromatic nitrogens is 3. The molecule has 0 saturated carbocycles. The third kappa shape index (κ3) is 1.24. The average molecular weight is 197 g/mol. The van der Waals surface area contributed by atoms with E-state index in [0.29, 0.717) is 0 Å². The van der Waals surface area contributed by atoms with Crippen LogP contribution in [0.2, 0.25) is 0 Å². The van der Waals surface area contributed by atoms with Gasteiger partial charge in [0.2, 0.25) is 0 Å². The summed E-state index contributed by atoms with van der Waals surface area (Å²) in [6, 6.07) is 10.4. The highest BCUT2D eigenvalue weighted by molar-refractivity contribution is 5.80. The Morgan fingerprint density at radius 1 is 1.13 bits per heavy atom.